The lowest BCUT2D eigenvalue weighted by molar-refractivity contribution is -0.139. The van der Waals surface area contributed by atoms with Crippen LogP contribution in [-0.2, 0) is 4.79 Å². The fourth-order valence-electron chi connectivity index (χ4n) is 2.37. The monoisotopic (exact) mass is 308 g/mol. The molecule has 4 nitrogen and oxygen atoms in total. The van der Waals surface area contributed by atoms with Crippen LogP contribution in [0.25, 0.3) is 0 Å². The Hall–Kier alpha value is -1.52. The number of rotatable bonds is 5. The van der Waals surface area contributed by atoms with Gasteiger partial charge >= 0.3 is 0 Å². The van der Waals surface area contributed by atoms with Gasteiger partial charge in [-0.2, -0.15) is 0 Å². The van der Waals surface area contributed by atoms with E-state index in [4.69, 9.17) is 16.3 Å². The molecule has 0 unspecified atom stereocenters. The van der Waals surface area contributed by atoms with Crippen molar-refractivity contribution >= 4 is 17.5 Å². The molecule has 0 saturated carbocycles. The first kappa shape index (κ1) is 15.9. The van der Waals surface area contributed by atoms with Gasteiger partial charge in [0.15, 0.2) is 6.10 Å². The topological polar surface area (TPSA) is 32.8 Å². The molecule has 1 aliphatic rings. The maximum absolute atomic E-state index is 12.4. The smallest absolute Gasteiger partial charge is 0.263 e. The highest BCUT2D eigenvalue weighted by atomic mass is 35.5. The Morgan fingerprint density at radius 3 is 2.67 bits per heavy atom. The Morgan fingerprint density at radius 2 is 2.05 bits per heavy atom. The molecule has 0 aromatic heterocycles. The van der Waals surface area contributed by atoms with Crippen LogP contribution in [0.15, 0.2) is 36.9 Å². The molecule has 1 aliphatic heterocycles. The maximum Gasteiger partial charge on any atom is 0.263 e. The van der Waals surface area contributed by atoms with Crippen LogP contribution in [-0.4, -0.2) is 54.5 Å². The number of para-hydroxylation sites is 1. The number of carbonyl (C=O) groups excluding carboxylic acids is 1. The number of benzene rings is 1. The van der Waals surface area contributed by atoms with Crippen LogP contribution in [0, 0.1) is 0 Å². The van der Waals surface area contributed by atoms with Gasteiger partial charge in [0, 0.05) is 32.7 Å². The number of hydrogen-bond acceptors (Lipinski definition) is 3. The highest BCUT2D eigenvalue weighted by molar-refractivity contribution is 6.32. The van der Waals surface area contributed by atoms with Crippen LogP contribution in [0.2, 0.25) is 5.02 Å². The van der Waals surface area contributed by atoms with E-state index in [1.165, 1.54) is 0 Å². The fourth-order valence-corrected chi connectivity index (χ4v) is 2.55. The Kier molecular flexibility index (Phi) is 5.65. The zero-order valence-electron chi connectivity index (χ0n) is 12.3. The van der Waals surface area contributed by atoms with Gasteiger partial charge in [0.25, 0.3) is 5.91 Å². The lowest BCUT2D eigenvalue weighted by Crippen LogP contribution is -2.51. The number of amides is 1. The number of piperazine rings is 1. The van der Waals surface area contributed by atoms with Crippen LogP contribution in [0.1, 0.15) is 6.92 Å². The predicted molar refractivity (Wildman–Crippen MR) is 84.8 cm³/mol. The van der Waals surface area contributed by atoms with Crippen molar-refractivity contribution in [1.29, 1.82) is 0 Å². The Bertz CT molecular complexity index is 499. The van der Waals surface area contributed by atoms with Crippen LogP contribution >= 0.6 is 11.6 Å². The van der Waals surface area contributed by atoms with Gasteiger partial charge in [-0.1, -0.05) is 29.8 Å². The molecule has 2 rings (SSSR count). The zero-order chi connectivity index (χ0) is 15.2. The highest BCUT2D eigenvalue weighted by Gasteiger charge is 2.25. The van der Waals surface area contributed by atoms with E-state index in [1.54, 1.807) is 19.1 Å². The first-order valence-electron chi connectivity index (χ1n) is 7.15. The summed E-state index contributed by atoms with van der Waals surface area (Å²) in [5.41, 5.74) is 0. The van der Waals surface area contributed by atoms with E-state index in [2.05, 4.69) is 11.5 Å². The van der Waals surface area contributed by atoms with Crippen LogP contribution < -0.4 is 4.74 Å². The minimum atomic E-state index is -0.532. The number of carbonyl (C=O) groups is 1. The summed E-state index contributed by atoms with van der Waals surface area (Å²) in [4.78, 5) is 16.5. The van der Waals surface area contributed by atoms with Crippen molar-refractivity contribution < 1.29 is 9.53 Å². The molecule has 0 N–H and O–H groups in total. The molecule has 1 fully saturated rings. The van der Waals surface area contributed by atoms with Crippen molar-refractivity contribution in [2.75, 3.05) is 32.7 Å². The molecule has 1 atom stereocenters. The van der Waals surface area contributed by atoms with E-state index >= 15 is 0 Å². The lowest BCUT2D eigenvalue weighted by atomic mass is 10.2. The average Bonchev–Trinajstić information content (AvgIpc) is 2.50. The lowest BCUT2D eigenvalue weighted by Gasteiger charge is -2.35. The quantitative estimate of drug-likeness (QED) is 0.783. The Balaban J connectivity index is 1.88. The molecule has 0 aliphatic carbocycles. The van der Waals surface area contributed by atoms with Gasteiger partial charge in [-0.25, -0.2) is 0 Å². The van der Waals surface area contributed by atoms with E-state index in [9.17, 15) is 4.79 Å². The molecule has 1 aromatic rings. The van der Waals surface area contributed by atoms with Gasteiger partial charge in [-0.15, -0.1) is 6.58 Å². The molecule has 0 radical (unpaired) electrons. The van der Waals surface area contributed by atoms with E-state index in [0.29, 0.717) is 10.8 Å². The summed E-state index contributed by atoms with van der Waals surface area (Å²) in [5.74, 6) is 0.554. The van der Waals surface area contributed by atoms with Gasteiger partial charge < -0.3 is 9.64 Å². The van der Waals surface area contributed by atoms with Crippen molar-refractivity contribution in [2.24, 2.45) is 0 Å². The predicted octanol–water partition coefficient (Wildman–Crippen LogP) is 2.44. The fraction of sp³-hybridized carbons (Fsp3) is 0.438. The summed E-state index contributed by atoms with van der Waals surface area (Å²) in [7, 11) is 0. The molecule has 21 heavy (non-hydrogen) atoms. The maximum atomic E-state index is 12.4. The van der Waals surface area contributed by atoms with Crippen molar-refractivity contribution in [1.82, 2.24) is 9.80 Å². The molecule has 1 aromatic carbocycles. The van der Waals surface area contributed by atoms with Gasteiger partial charge in [-0.3, -0.25) is 9.69 Å². The Labute approximate surface area is 130 Å². The molecular formula is C16H21ClN2O2. The van der Waals surface area contributed by atoms with Crippen LogP contribution in [0.3, 0.4) is 0 Å². The number of nitrogens with zero attached hydrogens (tertiary/aromatic N) is 2. The van der Waals surface area contributed by atoms with Crippen LogP contribution in [0.4, 0.5) is 0 Å². The molecule has 0 bridgehead atoms. The highest BCUT2D eigenvalue weighted by Crippen LogP contribution is 2.24. The molecule has 1 saturated heterocycles. The number of ether oxygens (including phenoxy) is 1. The first-order chi connectivity index (χ1) is 10.1. The Morgan fingerprint density at radius 1 is 1.38 bits per heavy atom. The van der Waals surface area contributed by atoms with Crippen molar-refractivity contribution in [3.05, 3.63) is 41.9 Å². The van der Waals surface area contributed by atoms with E-state index in [1.807, 2.05) is 23.1 Å². The molecular weight excluding hydrogens is 288 g/mol. The second kappa shape index (κ2) is 7.48. The molecule has 114 valence electrons. The molecule has 5 heteroatoms. The zero-order valence-corrected chi connectivity index (χ0v) is 13.1. The van der Waals surface area contributed by atoms with Gasteiger partial charge in [0.2, 0.25) is 0 Å². The summed E-state index contributed by atoms with van der Waals surface area (Å²) in [6.45, 7) is 9.57. The minimum absolute atomic E-state index is 0.00757. The second-order valence-corrected chi connectivity index (χ2v) is 5.51. The van der Waals surface area contributed by atoms with E-state index < -0.39 is 6.10 Å². The SMILES string of the molecule is C=CCN1CCN(C(=O)[C@H](C)Oc2ccccc2Cl)CC1. The van der Waals surface area contributed by atoms with Crippen LogP contribution in [0.5, 0.6) is 5.75 Å². The second-order valence-electron chi connectivity index (χ2n) is 5.11. The van der Waals surface area contributed by atoms with Gasteiger partial charge in [-0.05, 0) is 19.1 Å². The largest absolute Gasteiger partial charge is 0.479 e. The summed E-state index contributed by atoms with van der Waals surface area (Å²) in [6.07, 6.45) is 1.36. The van der Waals surface area contributed by atoms with Crippen molar-refractivity contribution in [3.63, 3.8) is 0 Å². The standard InChI is InChI=1S/C16H21ClN2O2/c1-3-8-18-9-11-19(12-10-18)16(20)13(2)21-15-7-5-4-6-14(15)17/h3-7,13H,1,8-12H2,2H3/t13-/m0/s1. The third-order valence-electron chi connectivity index (χ3n) is 3.56. The van der Waals surface area contributed by atoms with Crippen molar-refractivity contribution in [3.8, 4) is 5.75 Å². The number of halogens is 1. The summed E-state index contributed by atoms with van der Waals surface area (Å²) >= 11 is 6.05. The van der Waals surface area contributed by atoms with E-state index in [-0.39, 0.29) is 5.91 Å². The normalized spacial score (nSPS) is 17.3. The van der Waals surface area contributed by atoms with Crippen molar-refractivity contribution in [2.45, 2.75) is 13.0 Å². The third-order valence-corrected chi connectivity index (χ3v) is 3.87. The third kappa shape index (κ3) is 4.22. The first-order valence-corrected chi connectivity index (χ1v) is 7.53. The molecule has 0 spiro atoms. The van der Waals surface area contributed by atoms with E-state index in [0.717, 1.165) is 32.7 Å². The summed E-state index contributed by atoms with van der Waals surface area (Å²) in [5, 5.41) is 0.521. The summed E-state index contributed by atoms with van der Waals surface area (Å²) in [6, 6.07) is 7.20. The minimum Gasteiger partial charge on any atom is -0.479 e. The summed E-state index contributed by atoms with van der Waals surface area (Å²) < 4.78 is 5.68. The van der Waals surface area contributed by atoms with Gasteiger partial charge in [0.05, 0.1) is 5.02 Å². The molecule has 1 heterocycles. The number of hydrogen-bond donors (Lipinski definition) is 0. The van der Waals surface area contributed by atoms with Gasteiger partial charge in [0.1, 0.15) is 5.75 Å². The molecule has 1 amide bonds. The average molecular weight is 309 g/mol.